The molecule has 6 heteroatoms. The fraction of sp³-hybridized carbons (Fsp3) is 0.632. The van der Waals surface area contributed by atoms with Crippen molar-refractivity contribution < 1.29 is 14.2 Å². The zero-order valence-corrected chi connectivity index (χ0v) is 16.4. The number of nitrogens with zero attached hydrogens (tertiary/aromatic N) is 1. The fourth-order valence-electron chi connectivity index (χ4n) is 2.17. The van der Waals surface area contributed by atoms with Crippen molar-refractivity contribution in [2.45, 2.75) is 39.7 Å². The van der Waals surface area contributed by atoms with Crippen LogP contribution in [0.4, 0.5) is 0 Å². The number of aliphatic imine (C=N–C) groups is 1. The van der Waals surface area contributed by atoms with Crippen molar-refractivity contribution in [2.75, 3.05) is 40.5 Å². The van der Waals surface area contributed by atoms with Crippen LogP contribution in [0.3, 0.4) is 0 Å². The van der Waals surface area contributed by atoms with E-state index in [1.165, 1.54) is 5.56 Å². The summed E-state index contributed by atoms with van der Waals surface area (Å²) in [7, 11) is 3.47. The van der Waals surface area contributed by atoms with Gasteiger partial charge in [-0.25, -0.2) is 0 Å². The van der Waals surface area contributed by atoms with Crippen molar-refractivity contribution >= 4 is 5.96 Å². The highest BCUT2D eigenvalue weighted by molar-refractivity contribution is 5.79. The minimum absolute atomic E-state index is 0.237. The molecule has 0 fully saturated rings. The fourth-order valence-corrected chi connectivity index (χ4v) is 2.17. The smallest absolute Gasteiger partial charge is 0.191 e. The number of benzene rings is 1. The monoisotopic (exact) mass is 351 g/mol. The maximum absolute atomic E-state index is 5.67. The summed E-state index contributed by atoms with van der Waals surface area (Å²) < 4.78 is 16.7. The molecule has 25 heavy (non-hydrogen) atoms. The number of ether oxygens (including phenoxy) is 3. The largest absolute Gasteiger partial charge is 0.490 e. The second kappa shape index (κ2) is 10.8. The van der Waals surface area contributed by atoms with Crippen molar-refractivity contribution in [3.05, 3.63) is 23.8 Å². The third-order valence-corrected chi connectivity index (χ3v) is 3.77. The van der Waals surface area contributed by atoms with Crippen molar-refractivity contribution in [2.24, 2.45) is 4.99 Å². The van der Waals surface area contributed by atoms with E-state index < -0.39 is 0 Å². The van der Waals surface area contributed by atoms with Crippen molar-refractivity contribution in [1.82, 2.24) is 10.6 Å². The van der Waals surface area contributed by atoms with Gasteiger partial charge in [0.05, 0.1) is 18.8 Å². The van der Waals surface area contributed by atoms with E-state index in [-0.39, 0.29) is 5.60 Å². The summed E-state index contributed by atoms with van der Waals surface area (Å²) >= 11 is 0. The van der Waals surface area contributed by atoms with Gasteiger partial charge in [0, 0.05) is 27.2 Å². The zero-order chi connectivity index (χ0) is 18.7. The quantitative estimate of drug-likeness (QED) is 0.501. The van der Waals surface area contributed by atoms with Gasteiger partial charge in [-0.15, -0.1) is 0 Å². The molecule has 0 saturated heterocycles. The first-order valence-corrected chi connectivity index (χ1v) is 8.84. The van der Waals surface area contributed by atoms with Crippen molar-refractivity contribution in [3.8, 4) is 11.5 Å². The molecular formula is C19H33N3O3. The highest BCUT2D eigenvalue weighted by atomic mass is 16.5. The third kappa shape index (κ3) is 7.65. The van der Waals surface area contributed by atoms with Crippen LogP contribution in [0.1, 0.15) is 33.3 Å². The molecule has 1 aromatic rings. The van der Waals surface area contributed by atoms with E-state index in [1.54, 1.807) is 14.2 Å². The Morgan fingerprint density at radius 2 is 1.76 bits per heavy atom. The van der Waals surface area contributed by atoms with Gasteiger partial charge in [-0.05, 0) is 51.8 Å². The molecule has 0 radical (unpaired) electrons. The lowest BCUT2D eigenvalue weighted by atomic mass is 10.1. The summed E-state index contributed by atoms with van der Waals surface area (Å²) in [6.07, 6.45) is 0.862. The van der Waals surface area contributed by atoms with Crippen LogP contribution >= 0.6 is 0 Å². The Morgan fingerprint density at radius 3 is 2.36 bits per heavy atom. The first kappa shape index (κ1) is 21.1. The molecule has 0 aromatic heterocycles. The van der Waals surface area contributed by atoms with Gasteiger partial charge in [-0.2, -0.15) is 0 Å². The number of guanidine groups is 1. The van der Waals surface area contributed by atoms with E-state index >= 15 is 0 Å². The number of nitrogens with one attached hydrogen (secondary N) is 2. The van der Waals surface area contributed by atoms with E-state index in [4.69, 9.17) is 14.2 Å². The lowest BCUT2D eigenvalue weighted by Crippen LogP contribution is -2.45. The van der Waals surface area contributed by atoms with E-state index in [9.17, 15) is 0 Å². The Labute approximate surface area is 152 Å². The minimum Gasteiger partial charge on any atom is -0.490 e. The molecule has 0 aliphatic carbocycles. The average molecular weight is 351 g/mol. The number of rotatable bonds is 10. The second-order valence-corrected chi connectivity index (χ2v) is 6.21. The van der Waals surface area contributed by atoms with Crippen molar-refractivity contribution in [1.29, 1.82) is 0 Å². The molecule has 1 rings (SSSR count). The second-order valence-electron chi connectivity index (χ2n) is 6.21. The molecule has 6 nitrogen and oxygen atoms in total. The lowest BCUT2D eigenvalue weighted by molar-refractivity contribution is 0.0268. The van der Waals surface area contributed by atoms with Crippen LogP contribution in [0.25, 0.3) is 0 Å². The molecule has 142 valence electrons. The summed E-state index contributed by atoms with van der Waals surface area (Å²) in [5, 5.41) is 6.59. The number of hydrogen-bond acceptors (Lipinski definition) is 4. The van der Waals surface area contributed by atoms with Gasteiger partial charge < -0.3 is 24.8 Å². The van der Waals surface area contributed by atoms with Gasteiger partial charge in [-0.3, -0.25) is 4.99 Å². The Bertz CT molecular complexity index is 545. The maximum Gasteiger partial charge on any atom is 0.191 e. The number of methoxy groups -OCH3 is 1. The third-order valence-electron chi connectivity index (χ3n) is 3.77. The van der Waals surface area contributed by atoms with E-state index in [0.29, 0.717) is 19.8 Å². The molecular weight excluding hydrogens is 318 g/mol. The summed E-state index contributed by atoms with van der Waals surface area (Å²) in [4.78, 5) is 4.24. The molecule has 0 bridgehead atoms. The van der Waals surface area contributed by atoms with Gasteiger partial charge in [0.2, 0.25) is 0 Å². The standard InChI is InChI=1S/C19H33N3O3/c1-7-24-16-10-9-15(13-17(16)25-8-2)11-12-21-18(20-5)22-14-19(3,4)23-6/h9-10,13H,7-8,11-12,14H2,1-6H3,(H2,20,21,22). The summed E-state index contributed by atoms with van der Waals surface area (Å²) in [6.45, 7) is 10.7. The Kier molecular flexibility index (Phi) is 9.13. The molecule has 0 saturated carbocycles. The topological polar surface area (TPSA) is 64.1 Å². The molecule has 0 aliphatic heterocycles. The van der Waals surface area contributed by atoms with Gasteiger partial charge in [0.1, 0.15) is 0 Å². The first-order chi connectivity index (χ1) is 12.0. The van der Waals surface area contributed by atoms with Gasteiger partial charge in [0.15, 0.2) is 17.5 Å². The highest BCUT2D eigenvalue weighted by Gasteiger charge is 2.16. The molecule has 0 spiro atoms. The molecule has 0 heterocycles. The average Bonchev–Trinajstić information content (AvgIpc) is 2.60. The van der Waals surface area contributed by atoms with Crippen LogP contribution in [-0.2, 0) is 11.2 Å². The molecule has 0 unspecified atom stereocenters. The van der Waals surface area contributed by atoms with E-state index in [1.807, 2.05) is 39.8 Å². The van der Waals surface area contributed by atoms with Gasteiger partial charge in [-0.1, -0.05) is 6.07 Å². The van der Waals surface area contributed by atoms with Crippen LogP contribution in [0, 0.1) is 0 Å². The summed E-state index contributed by atoms with van der Waals surface area (Å²) in [5.41, 5.74) is 0.950. The SMILES string of the molecule is CCOc1ccc(CCNC(=NC)NCC(C)(C)OC)cc1OCC. The van der Waals surface area contributed by atoms with Crippen LogP contribution in [0.15, 0.2) is 23.2 Å². The van der Waals surface area contributed by atoms with Gasteiger partial charge >= 0.3 is 0 Å². The number of hydrogen-bond donors (Lipinski definition) is 2. The highest BCUT2D eigenvalue weighted by Crippen LogP contribution is 2.28. The lowest BCUT2D eigenvalue weighted by Gasteiger charge is -2.24. The maximum atomic E-state index is 5.67. The van der Waals surface area contributed by atoms with Gasteiger partial charge in [0.25, 0.3) is 0 Å². The zero-order valence-electron chi connectivity index (χ0n) is 16.4. The molecule has 0 amide bonds. The van der Waals surface area contributed by atoms with E-state index in [2.05, 4.69) is 21.7 Å². The summed E-state index contributed by atoms with van der Waals surface area (Å²) in [5.74, 6) is 2.35. The van der Waals surface area contributed by atoms with Crippen LogP contribution < -0.4 is 20.1 Å². The molecule has 0 aliphatic rings. The predicted molar refractivity (Wildman–Crippen MR) is 103 cm³/mol. The molecule has 1 aromatic carbocycles. The first-order valence-electron chi connectivity index (χ1n) is 8.84. The Morgan fingerprint density at radius 1 is 1.08 bits per heavy atom. The minimum atomic E-state index is -0.237. The molecule has 0 atom stereocenters. The Hall–Kier alpha value is -1.95. The normalized spacial score (nSPS) is 12.0. The van der Waals surface area contributed by atoms with E-state index in [0.717, 1.165) is 30.4 Å². The Balaban J connectivity index is 2.55. The summed E-state index contributed by atoms with van der Waals surface area (Å²) in [6, 6.07) is 6.08. The van der Waals surface area contributed by atoms with Crippen LogP contribution in [0.5, 0.6) is 11.5 Å². The van der Waals surface area contributed by atoms with Crippen LogP contribution in [-0.4, -0.2) is 52.0 Å². The van der Waals surface area contributed by atoms with Crippen LogP contribution in [0.2, 0.25) is 0 Å². The molecule has 2 N–H and O–H groups in total. The predicted octanol–water partition coefficient (Wildman–Crippen LogP) is 2.62. The van der Waals surface area contributed by atoms with Crippen molar-refractivity contribution in [3.63, 3.8) is 0 Å².